The smallest absolute Gasteiger partial charge is 0.251 e. The molecule has 4 heteroatoms. The monoisotopic (exact) mass is 445 g/mol. The van der Waals surface area contributed by atoms with E-state index in [1.165, 1.54) is 5.56 Å². The molecule has 0 aliphatic carbocycles. The molecule has 0 radical (unpaired) electrons. The summed E-state index contributed by atoms with van der Waals surface area (Å²) in [4.78, 5) is 15.4. The van der Waals surface area contributed by atoms with Crippen LogP contribution in [0.25, 0.3) is 6.08 Å². The van der Waals surface area contributed by atoms with Gasteiger partial charge >= 0.3 is 0 Å². The van der Waals surface area contributed by atoms with Gasteiger partial charge in [-0.1, -0.05) is 61.0 Å². The lowest BCUT2D eigenvalue weighted by atomic mass is 9.65. The molecule has 0 saturated heterocycles. The quantitative estimate of drug-likeness (QED) is 0.409. The number of anilines is 1. The second-order valence-corrected chi connectivity index (χ2v) is 9.56. The van der Waals surface area contributed by atoms with Crippen LogP contribution in [0.15, 0.2) is 78.9 Å². The van der Waals surface area contributed by atoms with Gasteiger partial charge in [0.05, 0.1) is 7.11 Å². The lowest BCUT2D eigenvalue weighted by Gasteiger charge is -2.51. The van der Waals surface area contributed by atoms with E-state index in [9.17, 15) is 4.79 Å². The minimum Gasteiger partial charge on any atom is -0.497 e. The number of halogens is 1. The van der Waals surface area contributed by atoms with Crippen LogP contribution >= 0.6 is 11.6 Å². The van der Waals surface area contributed by atoms with Crippen LogP contribution in [0.5, 0.6) is 5.75 Å². The molecule has 3 aromatic rings. The maximum absolute atomic E-state index is 13.4. The molecule has 1 heterocycles. The molecule has 0 spiro atoms. The van der Waals surface area contributed by atoms with Crippen molar-refractivity contribution in [3.05, 3.63) is 101 Å². The summed E-state index contributed by atoms with van der Waals surface area (Å²) < 4.78 is 5.35. The fourth-order valence-electron chi connectivity index (χ4n) is 4.95. The second kappa shape index (κ2) is 8.48. The van der Waals surface area contributed by atoms with Crippen LogP contribution in [0.2, 0.25) is 5.02 Å². The average Bonchev–Trinajstić information content (AvgIpc) is 2.78. The van der Waals surface area contributed by atoms with Crippen molar-refractivity contribution in [2.45, 2.75) is 38.1 Å². The first-order valence-electron chi connectivity index (χ1n) is 10.8. The Bertz CT molecular complexity index is 1150. The Labute approximate surface area is 195 Å². The summed E-state index contributed by atoms with van der Waals surface area (Å²) in [6.07, 6.45) is 4.29. The van der Waals surface area contributed by atoms with Crippen LogP contribution in [0.1, 0.15) is 43.9 Å². The summed E-state index contributed by atoms with van der Waals surface area (Å²) in [5, 5.41) is 0.678. The highest BCUT2D eigenvalue weighted by molar-refractivity contribution is 6.30. The zero-order valence-electron chi connectivity index (χ0n) is 18.9. The number of rotatable bonds is 4. The SMILES string of the molecule is COc1ccc([C@]2(C)CC(C)(C)N(C(=O)/C=C/c3ccc(Cl)cc3)c3ccccc32)cc1. The number of hydrogen-bond acceptors (Lipinski definition) is 2. The number of benzene rings is 3. The van der Waals surface area contributed by atoms with Gasteiger partial charge in [-0.3, -0.25) is 4.79 Å². The number of carbonyl (C=O) groups is 1. The molecule has 1 aliphatic rings. The lowest BCUT2D eigenvalue weighted by Crippen LogP contribution is -2.55. The third kappa shape index (κ3) is 4.05. The Kier molecular flexibility index (Phi) is 5.87. The van der Waals surface area contributed by atoms with Crippen molar-refractivity contribution in [2.75, 3.05) is 12.0 Å². The van der Waals surface area contributed by atoms with Gasteiger partial charge in [0.15, 0.2) is 0 Å². The fraction of sp³-hybridized carbons (Fsp3) is 0.250. The van der Waals surface area contributed by atoms with E-state index in [1.807, 2.05) is 65.6 Å². The Hall–Kier alpha value is -3.04. The zero-order valence-corrected chi connectivity index (χ0v) is 19.7. The van der Waals surface area contributed by atoms with E-state index in [4.69, 9.17) is 16.3 Å². The summed E-state index contributed by atoms with van der Waals surface area (Å²) >= 11 is 5.98. The molecule has 0 N–H and O–H groups in total. The average molecular weight is 446 g/mol. The lowest BCUT2D eigenvalue weighted by molar-refractivity contribution is -0.115. The Morgan fingerprint density at radius 3 is 2.28 bits per heavy atom. The number of nitrogens with zero attached hydrogens (tertiary/aromatic N) is 1. The molecular formula is C28H28ClNO2. The van der Waals surface area contributed by atoms with Gasteiger partial charge < -0.3 is 9.64 Å². The van der Waals surface area contributed by atoms with Crippen LogP contribution < -0.4 is 9.64 Å². The number of methoxy groups -OCH3 is 1. The van der Waals surface area contributed by atoms with Crippen molar-refractivity contribution in [2.24, 2.45) is 0 Å². The molecule has 1 atom stereocenters. The van der Waals surface area contributed by atoms with E-state index in [0.29, 0.717) is 5.02 Å². The minimum absolute atomic E-state index is 0.0332. The van der Waals surface area contributed by atoms with Crippen LogP contribution in [0, 0.1) is 0 Å². The Balaban J connectivity index is 1.74. The van der Waals surface area contributed by atoms with E-state index in [0.717, 1.165) is 29.0 Å². The number of amides is 1. The van der Waals surface area contributed by atoms with Crippen molar-refractivity contribution in [1.29, 1.82) is 0 Å². The summed E-state index contributed by atoms with van der Waals surface area (Å²) in [7, 11) is 1.68. The molecule has 164 valence electrons. The van der Waals surface area contributed by atoms with Crippen molar-refractivity contribution < 1.29 is 9.53 Å². The maximum atomic E-state index is 13.4. The van der Waals surface area contributed by atoms with Gasteiger partial charge in [0.25, 0.3) is 5.91 Å². The van der Waals surface area contributed by atoms with Crippen LogP contribution in [0.4, 0.5) is 5.69 Å². The van der Waals surface area contributed by atoms with Gasteiger partial charge in [-0.2, -0.15) is 0 Å². The molecule has 0 saturated carbocycles. The first kappa shape index (κ1) is 22.2. The standard InChI is InChI=1S/C28H28ClNO2/c1-27(2)19-28(3,21-12-16-23(32-4)17-13-21)24-7-5-6-8-25(24)30(27)26(31)18-11-20-9-14-22(29)15-10-20/h5-18H,19H2,1-4H3/b18-11+/t28-/m0/s1. The highest BCUT2D eigenvalue weighted by Gasteiger charge is 2.47. The molecule has 3 nitrogen and oxygen atoms in total. The number of hydrogen-bond donors (Lipinski definition) is 0. The molecule has 3 aromatic carbocycles. The van der Waals surface area contributed by atoms with E-state index < -0.39 is 0 Å². The van der Waals surface area contributed by atoms with Crippen molar-refractivity contribution in [3.63, 3.8) is 0 Å². The van der Waals surface area contributed by atoms with Gasteiger partial charge in [0.2, 0.25) is 0 Å². The third-order valence-electron chi connectivity index (χ3n) is 6.37. The van der Waals surface area contributed by atoms with Crippen LogP contribution in [-0.2, 0) is 10.2 Å². The predicted molar refractivity (Wildman–Crippen MR) is 133 cm³/mol. The first-order chi connectivity index (χ1) is 15.2. The largest absolute Gasteiger partial charge is 0.497 e. The van der Waals surface area contributed by atoms with Gasteiger partial charge in [-0.15, -0.1) is 0 Å². The molecule has 0 fully saturated rings. The van der Waals surface area contributed by atoms with E-state index in [1.54, 1.807) is 13.2 Å². The first-order valence-corrected chi connectivity index (χ1v) is 11.1. The number of ether oxygens (including phenoxy) is 1. The van der Waals surface area contributed by atoms with E-state index in [2.05, 4.69) is 39.0 Å². The van der Waals surface area contributed by atoms with Crippen molar-refractivity contribution >= 4 is 29.3 Å². The second-order valence-electron chi connectivity index (χ2n) is 9.13. The van der Waals surface area contributed by atoms with Crippen LogP contribution in [0.3, 0.4) is 0 Å². The topological polar surface area (TPSA) is 29.5 Å². The zero-order chi connectivity index (χ0) is 22.9. The molecule has 4 rings (SSSR count). The molecular weight excluding hydrogens is 418 g/mol. The highest BCUT2D eigenvalue weighted by Crippen LogP contribution is 2.50. The minimum atomic E-state index is -0.384. The number of para-hydroxylation sites is 1. The summed E-state index contributed by atoms with van der Waals surface area (Å²) in [5.74, 6) is 0.805. The highest BCUT2D eigenvalue weighted by atomic mass is 35.5. The fourth-order valence-corrected chi connectivity index (χ4v) is 5.08. The number of fused-ring (bicyclic) bond motifs is 1. The van der Waals surface area contributed by atoms with Crippen LogP contribution in [-0.4, -0.2) is 18.6 Å². The Morgan fingerprint density at radius 2 is 1.62 bits per heavy atom. The van der Waals surface area contributed by atoms with Gasteiger partial charge in [-0.25, -0.2) is 0 Å². The van der Waals surface area contributed by atoms with Crippen molar-refractivity contribution in [1.82, 2.24) is 0 Å². The summed E-state index contributed by atoms with van der Waals surface area (Å²) in [5.41, 5.74) is 3.63. The molecule has 0 bridgehead atoms. The molecule has 1 amide bonds. The van der Waals surface area contributed by atoms with Gasteiger partial charge in [0, 0.05) is 27.7 Å². The summed E-state index contributed by atoms with van der Waals surface area (Å²) in [6, 6.07) is 24.0. The Morgan fingerprint density at radius 1 is 0.969 bits per heavy atom. The molecule has 32 heavy (non-hydrogen) atoms. The predicted octanol–water partition coefficient (Wildman–Crippen LogP) is 6.88. The summed E-state index contributed by atoms with van der Waals surface area (Å²) in [6.45, 7) is 6.54. The van der Waals surface area contributed by atoms with E-state index >= 15 is 0 Å². The number of carbonyl (C=O) groups excluding carboxylic acids is 1. The molecule has 0 unspecified atom stereocenters. The van der Waals surface area contributed by atoms with Crippen molar-refractivity contribution in [3.8, 4) is 5.75 Å². The van der Waals surface area contributed by atoms with E-state index in [-0.39, 0.29) is 16.9 Å². The third-order valence-corrected chi connectivity index (χ3v) is 6.62. The normalized spacial score (nSPS) is 19.6. The molecule has 1 aliphatic heterocycles. The maximum Gasteiger partial charge on any atom is 0.251 e. The van der Waals surface area contributed by atoms with Gasteiger partial charge in [-0.05, 0) is 73.4 Å². The van der Waals surface area contributed by atoms with Gasteiger partial charge in [0.1, 0.15) is 5.75 Å². The molecule has 0 aromatic heterocycles.